The lowest BCUT2D eigenvalue weighted by molar-refractivity contribution is 0.372. The third-order valence-electron chi connectivity index (χ3n) is 4.03. The van der Waals surface area contributed by atoms with Gasteiger partial charge in [0.25, 0.3) is 15.9 Å². The Bertz CT molecular complexity index is 793. The number of sulfonamides is 1. The maximum atomic E-state index is 11.8. The number of hydrogen-bond acceptors (Lipinski definition) is 7. The Morgan fingerprint density at radius 1 is 1.35 bits per heavy atom. The largest absolute Gasteiger partial charge is 0.448 e. The lowest BCUT2D eigenvalue weighted by atomic mass is 9.99. The van der Waals surface area contributed by atoms with Crippen molar-refractivity contribution in [2.24, 2.45) is 5.73 Å². The maximum absolute atomic E-state index is 11.8. The summed E-state index contributed by atoms with van der Waals surface area (Å²) in [7, 11) is -2.34. The molecule has 1 saturated carbocycles. The number of nitrogens with zero attached hydrogens (tertiary/aromatic N) is 2. The molecule has 128 valence electrons. The van der Waals surface area contributed by atoms with Gasteiger partial charge >= 0.3 is 0 Å². The Balaban J connectivity index is 0.00000192. The van der Waals surface area contributed by atoms with E-state index in [4.69, 9.17) is 14.7 Å². The zero-order valence-corrected chi connectivity index (χ0v) is 14.5. The van der Waals surface area contributed by atoms with Crippen LogP contribution in [0.3, 0.4) is 0 Å². The van der Waals surface area contributed by atoms with E-state index in [9.17, 15) is 8.42 Å². The average molecular weight is 363 g/mol. The van der Waals surface area contributed by atoms with Crippen molar-refractivity contribution >= 4 is 22.4 Å². The van der Waals surface area contributed by atoms with Crippen molar-refractivity contribution in [2.75, 3.05) is 7.05 Å². The molecule has 1 aliphatic carbocycles. The van der Waals surface area contributed by atoms with Crippen LogP contribution in [-0.2, 0) is 15.6 Å². The molecule has 3 rings (SSSR count). The molecular formula is C13H19ClN4O4S. The van der Waals surface area contributed by atoms with E-state index < -0.39 is 15.6 Å². The maximum Gasteiger partial charge on any atom is 0.273 e. The van der Waals surface area contributed by atoms with Gasteiger partial charge in [-0.1, -0.05) is 18.0 Å². The fraction of sp³-hybridized carbons (Fsp3) is 0.538. The molecule has 0 amide bonds. The van der Waals surface area contributed by atoms with Crippen LogP contribution in [0.4, 0.5) is 0 Å². The molecule has 8 nitrogen and oxygen atoms in total. The van der Waals surface area contributed by atoms with Gasteiger partial charge in [0.15, 0.2) is 5.82 Å². The van der Waals surface area contributed by atoms with Gasteiger partial charge in [-0.15, -0.1) is 12.4 Å². The predicted molar refractivity (Wildman–Crippen MR) is 84.6 cm³/mol. The molecule has 3 N–H and O–H groups in total. The van der Waals surface area contributed by atoms with Crippen LogP contribution in [0.1, 0.15) is 37.3 Å². The van der Waals surface area contributed by atoms with Crippen LogP contribution in [-0.4, -0.2) is 25.6 Å². The predicted octanol–water partition coefficient (Wildman–Crippen LogP) is 1.70. The highest BCUT2D eigenvalue weighted by atomic mass is 35.5. The van der Waals surface area contributed by atoms with E-state index in [1.807, 2.05) is 0 Å². The van der Waals surface area contributed by atoms with Crippen molar-refractivity contribution in [2.45, 2.75) is 43.2 Å². The standard InChI is InChI=1S/C13H18N4O4S.ClH/c1-8-9(7-10(20-8)22(18,19)15-2)11-16-12(17-21-11)13(14)5-3-4-6-13;/h7,15H,3-6,14H2,1-2H3;1H. The average Bonchev–Trinajstić information content (AvgIpc) is 3.18. The van der Waals surface area contributed by atoms with Crippen molar-refractivity contribution in [3.63, 3.8) is 0 Å². The molecule has 1 fully saturated rings. The summed E-state index contributed by atoms with van der Waals surface area (Å²) in [5, 5.41) is 3.77. The minimum atomic E-state index is -3.66. The zero-order valence-electron chi connectivity index (χ0n) is 12.8. The van der Waals surface area contributed by atoms with E-state index in [0.717, 1.165) is 25.7 Å². The van der Waals surface area contributed by atoms with E-state index in [-0.39, 0.29) is 23.4 Å². The summed E-state index contributed by atoms with van der Waals surface area (Å²) in [5.41, 5.74) is 6.19. The number of halogens is 1. The molecule has 2 heterocycles. The second-order valence-electron chi connectivity index (χ2n) is 5.53. The van der Waals surface area contributed by atoms with Gasteiger partial charge in [0.05, 0.1) is 11.1 Å². The van der Waals surface area contributed by atoms with Crippen molar-refractivity contribution in [1.29, 1.82) is 0 Å². The van der Waals surface area contributed by atoms with Crippen LogP contribution in [0, 0.1) is 6.92 Å². The molecule has 0 unspecified atom stereocenters. The smallest absolute Gasteiger partial charge is 0.273 e. The molecule has 0 radical (unpaired) electrons. The van der Waals surface area contributed by atoms with Gasteiger partial charge in [0, 0.05) is 6.07 Å². The highest BCUT2D eigenvalue weighted by Crippen LogP contribution is 2.36. The van der Waals surface area contributed by atoms with E-state index in [0.29, 0.717) is 17.1 Å². The van der Waals surface area contributed by atoms with Crippen LogP contribution in [0.15, 0.2) is 20.1 Å². The van der Waals surface area contributed by atoms with E-state index in [2.05, 4.69) is 14.9 Å². The Kier molecular flexibility index (Phi) is 4.86. The molecule has 10 heteroatoms. The molecule has 0 bridgehead atoms. The molecule has 2 aromatic rings. The summed E-state index contributed by atoms with van der Waals surface area (Å²) in [5.74, 6) is 1.06. The summed E-state index contributed by atoms with van der Waals surface area (Å²) in [6.45, 7) is 1.64. The molecular weight excluding hydrogens is 344 g/mol. The van der Waals surface area contributed by atoms with Crippen molar-refractivity contribution in [1.82, 2.24) is 14.9 Å². The van der Waals surface area contributed by atoms with Crippen LogP contribution in [0.25, 0.3) is 11.5 Å². The van der Waals surface area contributed by atoms with Crippen molar-refractivity contribution in [3.05, 3.63) is 17.7 Å². The first-order valence-corrected chi connectivity index (χ1v) is 8.51. The zero-order chi connectivity index (χ0) is 16.0. The highest BCUT2D eigenvalue weighted by molar-refractivity contribution is 7.89. The number of rotatable bonds is 4. The normalized spacial score (nSPS) is 17.2. The Morgan fingerprint density at radius 2 is 2.00 bits per heavy atom. The quantitative estimate of drug-likeness (QED) is 0.847. The van der Waals surface area contributed by atoms with Crippen LogP contribution in [0.5, 0.6) is 0 Å². The molecule has 0 aromatic carbocycles. The minimum absolute atomic E-state index is 0. The van der Waals surface area contributed by atoms with E-state index in [1.165, 1.54) is 13.1 Å². The van der Waals surface area contributed by atoms with Gasteiger partial charge in [0.1, 0.15) is 5.76 Å². The third-order valence-corrected chi connectivity index (χ3v) is 5.29. The van der Waals surface area contributed by atoms with E-state index >= 15 is 0 Å². The lowest BCUT2D eigenvalue weighted by Crippen LogP contribution is -2.34. The number of aryl methyl sites for hydroxylation is 1. The first-order chi connectivity index (χ1) is 10.4. The molecule has 0 saturated heterocycles. The molecule has 1 aliphatic rings. The summed E-state index contributed by atoms with van der Waals surface area (Å²) in [6.07, 6.45) is 3.71. The van der Waals surface area contributed by atoms with Gasteiger partial charge in [-0.2, -0.15) is 4.98 Å². The summed E-state index contributed by atoms with van der Waals surface area (Å²) >= 11 is 0. The van der Waals surface area contributed by atoms with Gasteiger partial charge in [-0.25, -0.2) is 13.1 Å². The fourth-order valence-corrected chi connectivity index (χ4v) is 3.37. The van der Waals surface area contributed by atoms with Gasteiger partial charge in [0.2, 0.25) is 5.09 Å². The second-order valence-corrected chi connectivity index (χ2v) is 7.35. The number of hydrogen-bond donors (Lipinski definition) is 2. The molecule has 23 heavy (non-hydrogen) atoms. The van der Waals surface area contributed by atoms with E-state index in [1.54, 1.807) is 6.92 Å². The highest BCUT2D eigenvalue weighted by Gasteiger charge is 2.36. The van der Waals surface area contributed by atoms with Crippen LogP contribution >= 0.6 is 12.4 Å². The third kappa shape index (κ3) is 3.14. The van der Waals surface area contributed by atoms with Gasteiger partial charge in [-0.3, -0.25) is 0 Å². The first kappa shape index (κ1) is 17.9. The number of nitrogens with two attached hydrogens (primary N) is 1. The molecule has 0 spiro atoms. The summed E-state index contributed by atoms with van der Waals surface area (Å²) < 4.78 is 36.3. The van der Waals surface area contributed by atoms with Crippen LogP contribution in [0.2, 0.25) is 0 Å². The molecule has 0 aliphatic heterocycles. The number of aromatic nitrogens is 2. The van der Waals surface area contributed by atoms with Crippen LogP contribution < -0.4 is 10.5 Å². The van der Waals surface area contributed by atoms with Crippen molar-refractivity contribution in [3.8, 4) is 11.5 Å². The SMILES string of the molecule is CNS(=O)(=O)c1cc(-c2nc(C3(N)CCCC3)no2)c(C)o1.Cl. The Labute approximate surface area is 140 Å². The van der Waals surface area contributed by atoms with Gasteiger partial charge in [-0.05, 0) is 26.8 Å². The molecule has 0 atom stereocenters. The minimum Gasteiger partial charge on any atom is -0.448 e. The topological polar surface area (TPSA) is 124 Å². The van der Waals surface area contributed by atoms with Gasteiger partial charge < -0.3 is 14.7 Å². The summed E-state index contributed by atoms with van der Waals surface area (Å²) in [4.78, 5) is 4.34. The Morgan fingerprint density at radius 3 is 2.61 bits per heavy atom. The molecule has 2 aromatic heterocycles. The number of furan rings is 1. The first-order valence-electron chi connectivity index (χ1n) is 7.03. The second kappa shape index (κ2) is 6.23. The lowest BCUT2D eigenvalue weighted by Gasteiger charge is -2.17. The fourth-order valence-electron chi connectivity index (χ4n) is 2.66. The monoisotopic (exact) mass is 362 g/mol. The number of nitrogens with one attached hydrogen (secondary N) is 1. The van der Waals surface area contributed by atoms with Crippen molar-refractivity contribution < 1.29 is 17.4 Å². The summed E-state index contributed by atoms with van der Waals surface area (Å²) in [6, 6.07) is 1.37. The Hall–Kier alpha value is -1.42.